The number of amides is 3. The van der Waals surface area contributed by atoms with Gasteiger partial charge in [-0.05, 0) is 81.6 Å². The van der Waals surface area contributed by atoms with Crippen LogP contribution in [0.4, 0.5) is 9.18 Å². The third-order valence-electron chi connectivity index (χ3n) is 7.50. The van der Waals surface area contributed by atoms with E-state index >= 15 is 0 Å². The van der Waals surface area contributed by atoms with Gasteiger partial charge in [0.2, 0.25) is 0 Å². The minimum absolute atomic E-state index is 0.0313. The Morgan fingerprint density at radius 2 is 1.97 bits per heavy atom. The lowest BCUT2D eigenvalue weighted by Gasteiger charge is -2.41. The summed E-state index contributed by atoms with van der Waals surface area (Å²) in [6.07, 6.45) is 2.84. The third-order valence-corrected chi connectivity index (χ3v) is 7.50. The Kier molecular flexibility index (Phi) is 7.91. The quantitative estimate of drug-likeness (QED) is 0.513. The molecule has 35 heavy (non-hydrogen) atoms. The molecule has 4 rings (SSSR count). The third kappa shape index (κ3) is 5.59. The van der Waals surface area contributed by atoms with Gasteiger partial charge in [0.15, 0.2) is 0 Å². The van der Waals surface area contributed by atoms with Crippen LogP contribution >= 0.6 is 0 Å². The second-order valence-corrected chi connectivity index (χ2v) is 9.91. The van der Waals surface area contributed by atoms with E-state index in [4.69, 9.17) is 9.15 Å². The Hall–Kier alpha value is -2.71. The molecule has 0 saturated carbocycles. The zero-order chi connectivity index (χ0) is 25.0. The first-order valence-electron chi connectivity index (χ1n) is 12.5. The summed E-state index contributed by atoms with van der Waals surface area (Å²) in [6, 6.07) is 9.95. The summed E-state index contributed by atoms with van der Waals surface area (Å²) in [5.74, 6) is 1.67. The molecule has 2 atom stereocenters. The molecule has 1 N–H and O–H groups in total. The minimum atomic E-state index is -1.07. The van der Waals surface area contributed by atoms with Crippen molar-refractivity contribution in [1.29, 1.82) is 0 Å². The van der Waals surface area contributed by atoms with Crippen LogP contribution in [0.2, 0.25) is 0 Å². The van der Waals surface area contributed by atoms with Crippen LogP contribution < -0.4 is 5.32 Å². The Labute approximate surface area is 206 Å². The van der Waals surface area contributed by atoms with Crippen LogP contribution in [0, 0.1) is 18.7 Å². The van der Waals surface area contributed by atoms with Gasteiger partial charge >= 0.3 is 6.03 Å². The number of aryl methyl sites for hydroxylation is 1. The topological polar surface area (TPSA) is 75.0 Å². The lowest BCUT2D eigenvalue weighted by atomic mass is 9.74. The average Bonchev–Trinajstić information content (AvgIpc) is 3.38. The molecule has 0 bridgehead atoms. The number of imide groups is 1. The Morgan fingerprint density at radius 3 is 2.63 bits per heavy atom. The van der Waals surface area contributed by atoms with E-state index in [-0.39, 0.29) is 37.2 Å². The standard InChI is InChI=1S/C27H36FN3O4/c1-19(24-8-7-20(2)35-24)9-12-30-13-10-22(11-14-30)27(18-21-5-4-6-23(28)17-21)25(32)31(15-16-34-3)26(33)29-27/h4-8,17,19,22H,9-16,18H2,1-3H3,(H,29,33). The maximum atomic E-state index is 13.9. The summed E-state index contributed by atoms with van der Waals surface area (Å²) < 4.78 is 24.8. The van der Waals surface area contributed by atoms with Crippen LogP contribution in [-0.2, 0) is 16.0 Å². The van der Waals surface area contributed by atoms with Crippen molar-refractivity contribution >= 4 is 11.9 Å². The molecule has 7 nitrogen and oxygen atoms in total. The monoisotopic (exact) mass is 485 g/mol. The predicted octanol–water partition coefficient (Wildman–Crippen LogP) is 4.11. The largest absolute Gasteiger partial charge is 0.466 e. The van der Waals surface area contributed by atoms with Crippen molar-refractivity contribution in [3.05, 3.63) is 59.3 Å². The average molecular weight is 486 g/mol. The van der Waals surface area contributed by atoms with Gasteiger partial charge in [-0.1, -0.05) is 19.1 Å². The van der Waals surface area contributed by atoms with Crippen LogP contribution in [0.25, 0.3) is 0 Å². The summed E-state index contributed by atoms with van der Waals surface area (Å²) in [5, 5.41) is 3.03. The zero-order valence-electron chi connectivity index (χ0n) is 20.9. The molecule has 3 amide bonds. The van der Waals surface area contributed by atoms with Crippen LogP contribution in [0.1, 0.15) is 49.2 Å². The van der Waals surface area contributed by atoms with Gasteiger partial charge in [-0.3, -0.25) is 9.69 Å². The van der Waals surface area contributed by atoms with Crippen LogP contribution in [0.5, 0.6) is 0 Å². The summed E-state index contributed by atoms with van der Waals surface area (Å²) in [5.41, 5.74) is -0.360. The number of piperidine rings is 1. The van der Waals surface area contributed by atoms with E-state index in [9.17, 15) is 14.0 Å². The van der Waals surface area contributed by atoms with Crippen molar-refractivity contribution in [2.45, 2.75) is 51.0 Å². The highest BCUT2D eigenvalue weighted by Gasteiger charge is 2.55. The van der Waals surface area contributed by atoms with Gasteiger partial charge in [-0.25, -0.2) is 9.18 Å². The number of hydrogen-bond acceptors (Lipinski definition) is 5. The minimum Gasteiger partial charge on any atom is -0.466 e. The summed E-state index contributed by atoms with van der Waals surface area (Å²) >= 11 is 0. The number of furan rings is 1. The van der Waals surface area contributed by atoms with Crippen molar-refractivity contribution in [2.24, 2.45) is 5.92 Å². The molecule has 0 spiro atoms. The van der Waals surface area contributed by atoms with E-state index in [1.807, 2.05) is 25.1 Å². The molecule has 1 aromatic heterocycles. The second-order valence-electron chi connectivity index (χ2n) is 9.91. The number of likely N-dealkylation sites (tertiary alicyclic amines) is 1. The molecule has 2 saturated heterocycles. The van der Waals surface area contributed by atoms with Gasteiger partial charge < -0.3 is 19.4 Å². The number of rotatable bonds is 10. The van der Waals surface area contributed by atoms with Crippen molar-refractivity contribution in [1.82, 2.24) is 15.1 Å². The molecule has 2 aromatic rings. The summed E-state index contributed by atoms with van der Waals surface area (Å²) in [7, 11) is 1.54. The van der Waals surface area contributed by atoms with E-state index in [0.717, 1.165) is 50.4 Å². The van der Waals surface area contributed by atoms with E-state index in [2.05, 4.69) is 17.1 Å². The normalized spacial score (nSPS) is 22.6. The maximum absolute atomic E-state index is 13.9. The molecular formula is C27H36FN3O4. The fourth-order valence-corrected chi connectivity index (χ4v) is 5.43. The molecule has 2 aliphatic rings. The zero-order valence-corrected chi connectivity index (χ0v) is 20.9. The van der Waals surface area contributed by atoms with Crippen molar-refractivity contribution in [3.63, 3.8) is 0 Å². The van der Waals surface area contributed by atoms with Gasteiger partial charge in [0, 0.05) is 19.4 Å². The highest BCUT2D eigenvalue weighted by atomic mass is 19.1. The Balaban J connectivity index is 1.44. The molecule has 1 aromatic carbocycles. The molecule has 190 valence electrons. The SMILES string of the molecule is COCCN1C(=O)NC(Cc2cccc(F)c2)(C2CCN(CCC(C)c3ccc(C)o3)CC2)C1=O. The van der Waals surface area contributed by atoms with E-state index in [1.165, 1.54) is 17.0 Å². The van der Waals surface area contributed by atoms with E-state index in [0.29, 0.717) is 11.5 Å². The number of methoxy groups -OCH3 is 1. The molecule has 3 heterocycles. The van der Waals surface area contributed by atoms with Gasteiger partial charge in [0.1, 0.15) is 22.9 Å². The first kappa shape index (κ1) is 25.4. The first-order chi connectivity index (χ1) is 16.8. The molecule has 2 aliphatic heterocycles. The van der Waals surface area contributed by atoms with Gasteiger partial charge in [-0.15, -0.1) is 0 Å². The van der Waals surface area contributed by atoms with Gasteiger partial charge in [0.25, 0.3) is 5.91 Å². The molecule has 2 unspecified atom stereocenters. The van der Waals surface area contributed by atoms with Gasteiger partial charge in [0.05, 0.1) is 13.2 Å². The van der Waals surface area contributed by atoms with E-state index < -0.39 is 11.6 Å². The number of nitrogens with one attached hydrogen (secondary N) is 1. The lowest BCUT2D eigenvalue weighted by Crippen LogP contribution is -2.57. The van der Waals surface area contributed by atoms with Gasteiger partial charge in [-0.2, -0.15) is 0 Å². The number of benzene rings is 1. The predicted molar refractivity (Wildman–Crippen MR) is 131 cm³/mol. The number of nitrogens with zero attached hydrogens (tertiary/aromatic N) is 2. The molecular weight excluding hydrogens is 449 g/mol. The van der Waals surface area contributed by atoms with Crippen LogP contribution in [0.3, 0.4) is 0 Å². The fourth-order valence-electron chi connectivity index (χ4n) is 5.43. The maximum Gasteiger partial charge on any atom is 0.325 e. The van der Waals surface area contributed by atoms with Crippen LogP contribution in [0.15, 0.2) is 40.8 Å². The molecule has 8 heteroatoms. The number of halogens is 1. The Morgan fingerprint density at radius 1 is 1.20 bits per heavy atom. The number of ether oxygens (including phenoxy) is 1. The highest BCUT2D eigenvalue weighted by molar-refractivity contribution is 6.07. The number of urea groups is 1. The van der Waals surface area contributed by atoms with Crippen LogP contribution in [-0.4, -0.2) is 67.2 Å². The van der Waals surface area contributed by atoms with Crippen molar-refractivity contribution in [3.8, 4) is 0 Å². The fraction of sp³-hybridized carbons (Fsp3) is 0.556. The Bertz CT molecular complexity index is 1030. The summed E-state index contributed by atoms with van der Waals surface area (Å²) in [6.45, 7) is 7.27. The molecule has 0 aliphatic carbocycles. The van der Waals surface area contributed by atoms with Crippen molar-refractivity contribution in [2.75, 3.05) is 39.9 Å². The molecule has 0 radical (unpaired) electrons. The smallest absolute Gasteiger partial charge is 0.325 e. The number of carbonyl (C=O) groups excluding carboxylic acids is 2. The summed E-state index contributed by atoms with van der Waals surface area (Å²) in [4.78, 5) is 30.2. The lowest BCUT2D eigenvalue weighted by molar-refractivity contribution is -0.134. The first-order valence-corrected chi connectivity index (χ1v) is 12.5. The molecule has 2 fully saturated rings. The second kappa shape index (κ2) is 10.9. The number of carbonyl (C=O) groups is 2. The number of hydrogen-bond donors (Lipinski definition) is 1. The van der Waals surface area contributed by atoms with Crippen molar-refractivity contribution < 1.29 is 23.1 Å². The highest BCUT2D eigenvalue weighted by Crippen LogP contribution is 2.37. The van der Waals surface area contributed by atoms with E-state index in [1.54, 1.807) is 13.2 Å².